The molecule has 0 radical (unpaired) electrons. The van der Waals surface area contributed by atoms with Crippen LogP contribution in [0.1, 0.15) is 21.8 Å². The Hall–Kier alpha value is -2.99. The molecule has 0 atom stereocenters. The number of hydrogen-bond donors (Lipinski definition) is 0. The molecule has 0 aliphatic heterocycles. The maximum absolute atomic E-state index is 13.4. The third kappa shape index (κ3) is 3.75. The van der Waals surface area contributed by atoms with Crippen LogP contribution >= 0.6 is 11.3 Å². The summed E-state index contributed by atoms with van der Waals surface area (Å²) in [5.41, 5.74) is -2.63. The van der Waals surface area contributed by atoms with Gasteiger partial charge < -0.3 is 4.57 Å². The molecule has 0 aliphatic carbocycles. The van der Waals surface area contributed by atoms with Crippen LogP contribution in [0, 0.1) is 11.3 Å². The molecule has 4 nitrogen and oxygen atoms in total. The maximum atomic E-state index is 13.4. The van der Waals surface area contributed by atoms with Crippen LogP contribution in [0.2, 0.25) is 0 Å². The van der Waals surface area contributed by atoms with Crippen LogP contribution in [-0.2, 0) is 19.4 Å². The first-order valence-electron chi connectivity index (χ1n) is 7.65. The number of thiazole rings is 1. The van der Waals surface area contributed by atoms with Gasteiger partial charge in [0.15, 0.2) is 0 Å². The highest BCUT2D eigenvalue weighted by Crippen LogP contribution is 2.33. The second-order valence-electron chi connectivity index (χ2n) is 5.55. The van der Waals surface area contributed by atoms with Gasteiger partial charge in [-0.05, 0) is 11.6 Å². The molecule has 0 fully saturated rings. The topological polar surface area (TPSA) is 58.7 Å². The maximum Gasteiger partial charge on any atom is 0.417 e. The van der Waals surface area contributed by atoms with Crippen molar-refractivity contribution in [2.24, 2.45) is 0 Å². The van der Waals surface area contributed by atoms with E-state index < -0.39 is 29.5 Å². The molecular formula is C18H11F4N3OS. The first-order chi connectivity index (χ1) is 12.8. The second-order valence-corrected chi connectivity index (χ2v) is 6.49. The smallest absolute Gasteiger partial charge is 0.301 e. The van der Waals surface area contributed by atoms with Crippen molar-refractivity contribution in [2.75, 3.05) is 0 Å². The highest BCUT2D eigenvalue weighted by Gasteiger charge is 2.36. The van der Waals surface area contributed by atoms with E-state index in [1.54, 1.807) is 30.3 Å². The van der Waals surface area contributed by atoms with Gasteiger partial charge in [0.25, 0.3) is 5.56 Å². The van der Waals surface area contributed by atoms with E-state index in [1.165, 1.54) is 11.4 Å². The molecule has 2 heterocycles. The summed E-state index contributed by atoms with van der Waals surface area (Å²) in [5, 5.41) is 10.9. The molecule has 0 amide bonds. The molecule has 138 valence electrons. The summed E-state index contributed by atoms with van der Waals surface area (Å²) in [4.78, 5) is 16.7. The molecule has 0 N–H and O–H groups in total. The standard InChI is InChI=1S/C18H11F4N3OS/c19-7-16-24-12(10-27-16)9-25-15(11-4-2-1-3-5-11)6-14(18(20,21)22)13(8-23)17(25)26/h1-6,10H,7,9H2. The van der Waals surface area contributed by atoms with Gasteiger partial charge in [-0.25, -0.2) is 9.37 Å². The number of nitrogens with zero attached hydrogens (tertiary/aromatic N) is 3. The fourth-order valence-electron chi connectivity index (χ4n) is 2.63. The molecule has 0 bridgehead atoms. The van der Waals surface area contributed by atoms with Crippen molar-refractivity contribution in [3.8, 4) is 17.3 Å². The van der Waals surface area contributed by atoms with Gasteiger partial charge in [0.05, 0.1) is 23.5 Å². The summed E-state index contributed by atoms with van der Waals surface area (Å²) in [6.07, 6.45) is -4.85. The van der Waals surface area contributed by atoms with Gasteiger partial charge in [0, 0.05) is 5.38 Å². The van der Waals surface area contributed by atoms with Crippen LogP contribution in [0.4, 0.5) is 17.6 Å². The van der Waals surface area contributed by atoms with E-state index in [0.29, 0.717) is 11.3 Å². The van der Waals surface area contributed by atoms with E-state index in [2.05, 4.69) is 4.98 Å². The average molecular weight is 393 g/mol. The van der Waals surface area contributed by atoms with Crippen molar-refractivity contribution >= 4 is 11.3 Å². The number of alkyl halides is 4. The highest BCUT2D eigenvalue weighted by molar-refractivity contribution is 7.09. The zero-order chi connectivity index (χ0) is 19.6. The summed E-state index contributed by atoms with van der Waals surface area (Å²) >= 11 is 1.05. The molecule has 0 spiro atoms. The van der Waals surface area contributed by atoms with E-state index in [0.717, 1.165) is 22.0 Å². The molecule has 3 rings (SSSR count). The Balaban J connectivity index is 2.27. The molecule has 2 aromatic heterocycles. The molecule has 27 heavy (non-hydrogen) atoms. The SMILES string of the molecule is N#Cc1c(C(F)(F)F)cc(-c2ccccc2)n(Cc2csc(CF)n2)c1=O. The van der Waals surface area contributed by atoms with Gasteiger partial charge in [-0.3, -0.25) is 4.79 Å². The Labute approximate surface area is 155 Å². The lowest BCUT2D eigenvalue weighted by atomic mass is 10.0. The zero-order valence-corrected chi connectivity index (χ0v) is 14.4. The summed E-state index contributed by atoms with van der Waals surface area (Å²) in [5.74, 6) is 0. The predicted octanol–water partition coefficient (Wildman–Crippen LogP) is 4.38. The van der Waals surface area contributed by atoms with Crippen LogP contribution in [0.3, 0.4) is 0 Å². The number of hydrogen-bond acceptors (Lipinski definition) is 4. The Morgan fingerprint density at radius 2 is 1.93 bits per heavy atom. The van der Waals surface area contributed by atoms with Crippen LogP contribution in [0.25, 0.3) is 11.3 Å². The van der Waals surface area contributed by atoms with E-state index in [4.69, 9.17) is 5.26 Å². The fourth-order valence-corrected chi connectivity index (χ4v) is 3.26. The molecule has 1 aromatic carbocycles. The lowest BCUT2D eigenvalue weighted by molar-refractivity contribution is -0.137. The lowest BCUT2D eigenvalue weighted by Crippen LogP contribution is -2.28. The fraction of sp³-hybridized carbons (Fsp3) is 0.167. The van der Waals surface area contributed by atoms with Gasteiger partial charge in [0.2, 0.25) is 0 Å². The van der Waals surface area contributed by atoms with E-state index >= 15 is 0 Å². The van der Waals surface area contributed by atoms with Crippen molar-refractivity contribution in [1.82, 2.24) is 9.55 Å². The average Bonchev–Trinajstić information content (AvgIpc) is 3.10. The third-order valence-corrected chi connectivity index (χ3v) is 4.68. The van der Waals surface area contributed by atoms with E-state index in [-0.39, 0.29) is 17.2 Å². The molecule has 3 aromatic rings. The van der Waals surface area contributed by atoms with Gasteiger partial charge >= 0.3 is 6.18 Å². The van der Waals surface area contributed by atoms with Crippen LogP contribution in [-0.4, -0.2) is 9.55 Å². The molecule has 0 saturated heterocycles. The van der Waals surface area contributed by atoms with Gasteiger partial charge in [-0.1, -0.05) is 30.3 Å². The van der Waals surface area contributed by atoms with Gasteiger partial charge in [-0.2, -0.15) is 18.4 Å². The van der Waals surface area contributed by atoms with Gasteiger partial charge in [-0.15, -0.1) is 11.3 Å². The minimum Gasteiger partial charge on any atom is -0.301 e. The monoisotopic (exact) mass is 393 g/mol. The van der Waals surface area contributed by atoms with Crippen LogP contribution < -0.4 is 5.56 Å². The summed E-state index contributed by atoms with van der Waals surface area (Å²) < 4.78 is 53.9. The Morgan fingerprint density at radius 3 is 2.48 bits per heavy atom. The van der Waals surface area contributed by atoms with Crippen molar-refractivity contribution < 1.29 is 17.6 Å². The Morgan fingerprint density at radius 1 is 1.22 bits per heavy atom. The molecule has 0 aliphatic rings. The Kier molecular flexibility index (Phi) is 5.10. The minimum atomic E-state index is -4.85. The van der Waals surface area contributed by atoms with Gasteiger partial charge in [0.1, 0.15) is 23.3 Å². The van der Waals surface area contributed by atoms with Crippen molar-refractivity contribution in [2.45, 2.75) is 19.4 Å². The summed E-state index contributed by atoms with van der Waals surface area (Å²) in [7, 11) is 0. The zero-order valence-electron chi connectivity index (χ0n) is 13.6. The largest absolute Gasteiger partial charge is 0.417 e. The number of pyridine rings is 1. The van der Waals surface area contributed by atoms with E-state index in [1.807, 2.05) is 0 Å². The summed E-state index contributed by atoms with van der Waals surface area (Å²) in [6.45, 7) is -0.950. The molecule has 9 heteroatoms. The first-order valence-corrected chi connectivity index (χ1v) is 8.53. The minimum absolute atomic E-state index is 0.00160. The molecular weight excluding hydrogens is 382 g/mol. The summed E-state index contributed by atoms with van der Waals surface area (Å²) in [6, 6.07) is 10.2. The Bertz CT molecular complexity index is 1060. The predicted molar refractivity (Wildman–Crippen MR) is 91.9 cm³/mol. The number of benzene rings is 1. The third-order valence-electron chi connectivity index (χ3n) is 3.82. The lowest BCUT2D eigenvalue weighted by Gasteiger charge is -2.17. The van der Waals surface area contributed by atoms with Crippen molar-refractivity contribution in [3.63, 3.8) is 0 Å². The van der Waals surface area contributed by atoms with Crippen LogP contribution in [0.15, 0.2) is 46.6 Å². The van der Waals surface area contributed by atoms with Crippen LogP contribution in [0.5, 0.6) is 0 Å². The number of aromatic nitrogens is 2. The molecule has 0 saturated carbocycles. The second kappa shape index (κ2) is 7.32. The number of rotatable bonds is 4. The van der Waals surface area contributed by atoms with Crippen molar-refractivity contribution in [1.29, 1.82) is 5.26 Å². The first kappa shape index (κ1) is 18.8. The van der Waals surface area contributed by atoms with E-state index in [9.17, 15) is 22.4 Å². The highest BCUT2D eigenvalue weighted by atomic mass is 32.1. The van der Waals surface area contributed by atoms with Crippen molar-refractivity contribution in [3.05, 3.63) is 74.0 Å². The number of nitriles is 1. The molecule has 0 unspecified atom stereocenters. The number of halogens is 4. The normalized spacial score (nSPS) is 11.4. The quantitative estimate of drug-likeness (QED) is 0.618.